The standard InChI is InChI=1S/C14H16F2N2O2/c1-3-14(2)13(20)18(7-6-12(19)17-14)11-5-4-9(15)8-10(11)16/h4-5,8H,3,6-7H2,1-2H3,(H,17,19). The van der Waals surface area contributed by atoms with Crippen LogP contribution in [-0.2, 0) is 9.59 Å². The molecule has 0 aromatic heterocycles. The van der Waals surface area contributed by atoms with E-state index in [0.29, 0.717) is 6.42 Å². The van der Waals surface area contributed by atoms with Crippen LogP contribution < -0.4 is 10.2 Å². The summed E-state index contributed by atoms with van der Waals surface area (Å²) in [4.78, 5) is 25.4. The number of benzene rings is 1. The number of anilines is 1. The molecule has 20 heavy (non-hydrogen) atoms. The number of nitrogens with one attached hydrogen (secondary N) is 1. The molecule has 0 radical (unpaired) electrons. The van der Waals surface area contributed by atoms with E-state index in [1.54, 1.807) is 13.8 Å². The molecule has 0 bridgehead atoms. The number of amides is 2. The number of hydrogen-bond donors (Lipinski definition) is 1. The second kappa shape index (κ2) is 5.19. The number of halogens is 2. The van der Waals surface area contributed by atoms with Gasteiger partial charge in [0.2, 0.25) is 5.91 Å². The Labute approximate surface area is 115 Å². The van der Waals surface area contributed by atoms with Gasteiger partial charge in [-0.15, -0.1) is 0 Å². The summed E-state index contributed by atoms with van der Waals surface area (Å²) in [5, 5.41) is 2.66. The van der Waals surface area contributed by atoms with Crippen molar-refractivity contribution in [2.75, 3.05) is 11.4 Å². The lowest BCUT2D eigenvalue weighted by Gasteiger charge is -2.31. The summed E-state index contributed by atoms with van der Waals surface area (Å²) in [5.74, 6) is -2.17. The van der Waals surface area contributed by atoms with Crippen molar-refractivity contribution in [2.45, 2.75) is 32.2 Å². The van der Waals surface area contributed by atoms with Crippen LogP contribution in [0.15, 0.2) is 18.2 Å². The highest BCUT2D eigenvalue weighted by atomic mass is 19.1. The predicted molar refractivity (Wildman–Crippen MR) is 70.2 cm³/mol. The van der Waals surface area contributed by atoms with Gasteiger partial charge in [0.05, 0.1) is 5.69 Å². The summed E-state index contributed by atoms with van der Waals surface area (Å²) in [6.45, 7) is 3.44. The first kappa shape index (κ1) is 14.4. The molecule has 2 amide bonds. The van der Waals surface area contributed by atoms with E-state index >= 15 is 0 Å². The van der Waals surface area contributed by atoms with Gasteiger partial charge >= 0.3 is 0 Å². The average Bonchev–Trinajstić information content (AvgIpc) is 2.50. The Kier molecular flexibility index (Phi) is 3.74. The van der Waals surface area contributed by atoms with Crippen LogP contribution in [0, 0.1) is 11.6 Å². The van der Waals surface area contributed by atoms with Gasteiger partial charge in [-0.3, -0.25) is 9.59 Å². The van der Waals surface area contributed by atoms with Crippen molar-refractivity contribution >= 4 is 17.5 Å². The Balaban J connectivity index is 2.44. The molecule has 0 aliphatic carbocycles. The molecule has 1 fully saturated rings. The molecule has 0 saturated carbocycles. The molecule has 1 aliphatic rings. The second-order valence-corrected chi connectivity index (χ2v) is 5.04. The lowest BCUT2D eigenvalue weighted by molar-refractivity contribution is -0.129. The van der Waals surface area contributed by atoms with E-state index < -0.39 is 23.1 Å². The fraction of sp³-hybridized carbons (Fsp3) is 0.429. The molecular weight excluding hydrogens is 266 g/mol. The Morgan fingerprint density at radius 3 is 2.65 bits per heavy atom. The normalized spacial score (nSPS) is 23.5. The van der Waals surface area contributed by atoms with Crippen molar-refractivity contribution in [3.05, 3.63) is 29.8 Å². The van der Waals surface area contributed by atoms with E-state index in [0.717, 1.165) is 12.1 Å². The third-order valence-electron chi connectivity index (χ3n) is 3.60. The maximum atomic E-state index is 13.9. The fourth-order valence-corrected chi connectivity index (χ4v) is 2.21. The van der Waals surface area contributed by atoms with Gasteiger partial charge in [0.15, 0.2) is 0 Å². The van der Waals surface area contributed by atoms with Crippen LogP contribution in [0.4, 0.5) is 14.5 Å². The van der Waals surface area contributed by atoms with Crippen LogP contribution in [-0.4, -0.2) is 23.9 Å². The summed E-state index contributed by atoms with van der Waals surface area (Å²) < 4.78 is 26.8. The highest BCUT2D eigenvalue weighted by Gasteiger charge is 2.40. The predicted octanol–water partition coefficient (Wildman–Crippen LogP) is 1.99. The summed E-state index contributed by atoms with van der Waals surface area (Å²) >= 11 is 0. The molecule has 1 heterocycles. The van der Waals surface area contributed by atoms with Crippen molar-refractivity contribution < 1.29 is 18.4 Å². The molecule has 2 rings (SSSR count). The van der Waals surface area contributed by atoms with Crippen molar-refractivity contribution in [3.8, 4) is 0 Å². The summed E-state index contributed by atoms with van der Waals surface area (Å²) in [6, 6.07) is 3.04. The van der Waals surface area contributed by atoms with Gasteiger partial charge in [0, 0.05) is 19.0 Å². The van der Waals surface area contributed by atoms with Crippen LogP contribution in [0.25, 0.3) is 0 Å². The Hall–Kier alpha value is -1.98. The zero-order chi connectivity index (χ0) is 14.9. The molecule has 1 N–H and O–H groups in total. The summed E-state index contributed by atoms with van der Waals surface area (Å²) in [5.41, 5.74) is -1.08. The minimum Gasteiger partial charge on any atom is -0.342 e. The molecule has 1 aliphatic heterocycles. The SMILES string of the molecule is CCC1(C)NC(=O)CCN(c2ccc(F)cc2F)C1=O. The van der Waals surface area contributed by atoms with Gasteiger partial charge in [0.1, 0.15) is 17.2 Å². The van der Waals surface area contributed by atoms with Gasteiger partial charge < -0.3 is 10.2 Å². The lowest BCUT2D eigenvalue weighted by atomic mass is 9.97. The second-order valence-electron chi connectivity index (χ2n) is 5.04. The zero-order valence-corrected chi connectivity index (χ0v) is 11.4. The van der Waals surface area contributed by atoms with E-state index in [4.69, 9.17) is 0 Å². The smallest absolute Gasteiger partial charge is 0.252 e. The maximum absolute atomic E-state index is 13.9. The van der Waals surface area contributed by atoms with E-state index in [-0.39, 0.29) is 24.6 Å². The van der Waals surface area contributed by atoms with Crippen LogP contribution in [0.5, 0.6) is 0 Å². The lowest BCUT2D eigenvalue weighted by Crippen LogP contribution is -2.55. The van der Waals surface area contributed by atoms with Crippen molar-refractivity contribution in [3.63, 3.8) is 0 Å². The number of hydrogen-bond acceptors (Lipinski definition) is 2. The third kappa shape index (κ3) is 2.50. The molecular formula is C14H16F2N2O2. The van der Waals surface area contributed by atoms with E-state index in [2.05, 4.69) is 5.32 Å². The fourth-order valence-electron chi connectivity index (χ4n) is 2.21. The maximum Gasteiger partial charge on any atom is 0.252 e. The Bertz CT molecular complexity index is 562. The number of nitrogens with zero attached hydrogens (tertiary/aromatic N) is 1. The monoisotopic (exact) mass is 282 g/mol. The third-order valence-corrected chi connectivity index (χ3v) is 3.60. The Morgan fingerprint density at radius 2 is 2.05 bits per heavy atom. The molecule has 0 spiro atoms. The largest absolute Gasteiger partial charge is 0.342 e. The van der Waals surface area contributed by atoms with Crippen molar-refractivity contribution in [1.29, 1.82) is 0 Å². The quantitative estimate of drug-likeness (QED) is 0.901. The Morgan fingerprint density at radius 1 is 1.35 bits per heavy atom. The number of carbonyl (C=O) groups excluding carboxylic acids is 2. The first-order valence-electron chi connectivity index (χ1n) is 6.45. The van der Waals surface area contributed by atoms with E-state index in [1.807, 2.05) is 0 Å². The van der Waals surface area contributed by atoms with Crippen LogP contribution in [0.2, 0.25) is 0 Å². The minimum absolute atomic E-state index is 0.00687. The van der Waals surface area contributed by atoms with Crippen molar-refractivity contribution in [1.82, 2.24) is 5.32 Å². The van der Waals surface area contributed by atoms with Gasteiger partial charge in [-0.25, -0.2) is 8.78 Å². The van der Waals surface area contributed by atoms with Crippen LogP contribution in [0.3, 0.4) is 0 Å². The molecule has 1 aromatic carbocycles. The number of carbonyl (C=O) groups is 2. The average molecular weight is 282 g/mol. The van der Waals surface area contributed by atoms with Crippen molar-refractivity contribution in [2.24, 2.45) is 0 Å². The highest BCUT2D eigenvalue weighted by Crippen LogP contribution is 2.26. The molecule has 108 valence electrons. The minimum atomic E-state index is -1.07. The summed E-state index contributed by atoms with van der Waals surface area (Å²) in [6.07, 6.45) is 0.467. The molecule has 4 nitrogen and oxygen atoms in total. The van der Waals surface area contributed by atoms with Gasteiger partial charge in [0.25, 0.3) is 5.91 Å². The molecule has 1 atom stereocenters. The van der Waals surface area contributed by atoms with Gasteiger partial charge in [-0.05, 0) is 25.5 Å². The zero-order valence-electron chi connectivity index (χ0n) is 11.4. The van der Waals surface area contributed by atoms with E-state index in [1.165, 1.54) is 11.0 Å². The first-order valence-corrected chi connectivity index (χ1v) is 6.45. The molecule has 6 heteroatoms. The summed E-state index contributed by atoms with van der Waals surface area (Å²) in [7, 11) is 0. The molecule has 1 unspecified atom stereocenters. The van der Waals surface area contributed by atoms with Gasteiger partial charge in [-0.2, -0.15) is 0 Å². The van der Waals surface area contributed by atoms with Gasteiger partial charge in [-0.1, -0.05) is 6.92 Å². The van der Waals surface area contributed by atoms with Crippen LogP contribution in [0.1, 0.15) is 26.7 Å². The first-order chi connectivity index (χ1) is 9.37. The topological polar surface area (TPSA) is 49.4 Å². The van der Waals surface area contributed by atoms with Crippen LogP contribution >= 0.6 is 0 Å². The van der Waals surface area contributed by atoms with E-state index in [9.17, 15) is 18.4 Å². The number of rotatable bonds is 2. The molecule has 1 aromatic rings. The molecule has 1 saturated heterocycles. The highest BCUT2D eigenvalue weighted by molar-refractivity contribution is 6.04.